The van der Waals surface area contributed by atoms with Crippen molar-refractivity contribution in [2.45, 2.75) is 12.8 Å². The number of benzene rings is 1. The van der Waals surface area contributed by atoms with Crippen LogP contribution in [0.1, 0.15) is 12.8 Å². The second-order valence-electron chi connectivity index (χ2n) is 6.02. The van der Waals surface area contributed by atoms with Gasteiger partial charge in [0.15, 0.2) is 0 Å². The minimum absolute atomic E-state index is 0.144. The summed E-state index contributed by atoms with van der Waals surface area (Å²) in [6, 6.07) is 5.83. The molecule has 0 aromatic heterocycles. The van der Waals surface area contributed by atoms with E-state index in [0.29, 0.717) is 29.9 Å². The molecule has 1 aromatic carbocycles. The average molecular weight is 339 g/mol. The maximum atomic E-state index is 12.5. The molecule has 0 radical (unpaired) electrons. The Kier molecular flexibility index (Phi) is 5.28. The van der Waals surface area contributed by atoms with Gasteiger partial charge in [0.25, 0.3) is 0 Å². The fourth-order valence-electron chi connectivity index (χ4n) is 3.24. The van der Waals surface area contributed by atoms with Crippen molar-refractivity contribution in [3.05, 3.63) is 23.2 Å². The molecule has 2 fully saturated rings. The molecule has 6 heteroatoms. The SMILES string of the molecule is COc1ccc(N2CCN(C(=O)C3CCOCC3)CC2)cc1Cl. The van der Waals surface area contributed by atoms with Gasteiger partial charge in [-0.3, -0.25) is 4.79 Å². The lowest BCUT2D eigenvalue weighted by Gasteiger charge is -2.38. The maximum Gasteiger partial charge on any atom is 0.225 e. The molecule has 1 amide bonds. The Balaban J connectivity index is 1.57. The van der Waals surface area contributed by atoms with E-state index < -0.39 is 0 Å². The molecular weight excluding hydrogens is 316 g/mol. The Morgan fingerprint density at radius 2 is 1.91 bits per heavy atom. The van der Waals surface area contributed by atoms with Gasteiger partial charge in [0, 0.05) is 51.0 Å². The van der Waals surface area contributed by atoms with Gasteiger partial charge in [-0.05, 0) is 31.0 Å². The Bertz CT molecular complexity index is 553. The first-order chi connectivity index (χ1) is 11.2. The highest BCUT2D eigenvalue weighted by Crippen LogP contribution is 2.30. The first-order valence-corrected chi connectivity index (χ1v) is 8.52. The molecule has 23 heavy (non-hydrogen) atoms. The Hall–Kier alpha value is -1.46. The van der Waals surface area contributed by atoms with Crippen molar-refractivity contribution in [1.29, 1.82) is 0 Å². The molecule has 1 aromatic rings. The Labute approximate surface area is 142 Å². The van der Waals surface area contributed by atoms with Gasteiger partial charge in [0.1, 0.15) is 5.75 Å². The third-order valence-corrected chi connectivity index (χ3v) is 4.96. The lowest BCUT2D eigenvalue weighted by Crippen LogP contribution is -2.51. The third-order valence-electron chi connectivity index (χ3n) is 4.66. The van der Waals surface area contributed by atoms with Gasteiger partial charge in [-0.15, -0.1) is 0 Å². The number of anilines is 1. The molecular formula is C17H23ClN2O3. The van der Waals surface area contributed by atoms with Gasteiger partial charge in [-0.2, -0.15) is 0 Å². The number of hydrogen-bond acceptors (Lipinski definition) is 4. The third kappa shape index (κ3) is 3.72. The zero-order chi connectivity index (χ0) is 16.2. The van der Waals surface area contributed by atoms with Gasteiger partial charge in [0.2, 0.25) is 5.91 Å². The number of rotatable bonds is 3. The first-order valence-electron chi connectivity index (χ1n) is 8.14. The summed E-state index contributed by atoms with van der Waals surface area (Å²) in [6.07, 6.45) is 1.71. The van der Waals surface area contributed by atoms with E-state index in [-0.39, 0.29) is 5.92 Å². The standard InChI is InChI=1S/C17H23ClN2O3/c1-22-16-3-2-14(12-15(16)18)19-6-8-20(9-7-19)17(21)13-4-10-23-11-5-13/h2-3,12-13H,4-11H2,1H3. The summed E-state index contributed by atoms with van der Waals surface area (Å²) in [6.45, 7) is 4.61. The summed E-state index contributed by atoms with van der Waals surface area (Å²) in [4.78, 5) is 16.8. The fraction of sp³-hybridized carbons (Fsp3) is 0.588. The van der Waals surface area contributed by atoms with E-state index in [0.717, 1.165) is 44.7 Å². The van der Waals surface area contributed by atoms with E-state index in [4.69, 9.17) is 21.1 Å². The summed E-state index contributed by atoms with van der Waals surface area (Å²) in [5, 5.41) is 0.616. The Morgan fingerprint density at radius 1 is 1.22 bits per heavy atom. The van der Waals surface area contributed by atoms with Gasteiger partial charge in [-0.1, -0.05) is 11.6 Å². The van der Waals surface area contributed by atoms with Crippen LogP contribution in [-0.4, -0.2) is 57.3 Å². The number of amides is 1. The summed E-state index contributed by atoms with van der Waals surface area (Å²) in [7, 11) is 1.61. The second-order valence-corrected chi connectivity index (χ2v) is 6.43. The van der Waals surface area contributed by atoms with Crippen molar-refractivity contribution < 1.29 is 14.3 Å². The van der Waals surface area contributed by atoms with E-state index in [1.165, 1.54) is 0 Å². The molecule has 0 spiro atoms. The van der Waals surface area contributed by atoms with Crippen LogP contribution in [0.2, 0.25) is 5.02 Å². The van der Waals surface area contributed by atoms with E-state index in [9.17, 15) is 4.79 Å². The van der Waals surface area contributed by atoms with Crippen molar-refractivity contribution in [1.82, 2.24) is 4.90 Å². The van der Waals surface area contributed by atoms with E-state index in [1.54, 1.807) is 7.11 Å². The Morgan fingerprint density at radius 3 is 2.52 bits per heavy atom. The van der Waals surface area contributed by atoms with E-state index in [1.807, 2.05) is 23.1 Å². The molecule has 3 rings (SSSR count). The van der Waals surface area contributed by atoms with Gasteiger partial charge in [0.05, 0.1) is 12.1 Å². The van der Waals surface area contributed by atoms with Crippen LogP contribution in [0.15, 0.2) is 18.2 Å². The maximum absolute atomic E-state index is 12.5. The first kappa shape index (κ1) is 16.4. The fourth-order valence-corrected chi connectivity index (χ4v) is 3.49. The predicted octanol–water partition coefficient (Wildman–Crippen LogP) is 2.42. The van der Waals surface area contributed by atoms with Crippen LogP contribution in [0.3, 0.4) is 0 Å². The molecule has 2 aliphatic rings. The average Bonchev–Trinajstić information content (AvgIpc) is 2.62. The van der Waals surface area contributed by atoms with Crippen LogP contribution in [-0.2, 0) is 9.53 Å². The minimum Gasteiger partial charge on any atom is -0.495 e. The van der Waals surface area contributed by atoms with Crippen LogP contribution in [0.25, 0.3) is 0 Å². The molecule has 0 aliphatic carbocycles. The summed E-state index contributed by atoms with van der Waals surface area (Å²) < 4.78 is 10.5. The van der Waals surface area contributed by atoms with Crippen LogP contribution >= 0.6 is 11.6 Å². The normalized spacial score (nSPS) is 19.7. The summed E-state index contributed by atoms with van der Waals surface area (Å²) in [5.41, 5.74) is 1.08. The molecule has 2 heterocycles. The van der Waals surface area contributed by atoms with Crippen molar-refractivity contribution in [2.75, 3.05) is 51.4 Å². The monoisotopic (exact) mass is 338 g/mol. The molecule has 5 nitrogen and oxygen atoms in total. The van der Waals surface area contributed by atoms with Gasteiger partial charge < -0.3 is 19.3 Å². The van der Waals surface area contributed by atoms with E-state index >= 15 is 0 Å². The highest BCUT2D eigenvalue weighted by atomic mass is 35.5. The highest BCUT2D eigenvalue weighted by molar-refractivity contribution is 6.32. The number of hydrogen-bond donors (Lipinski definition) is 0. The lowest BCUT2D eigenvalue weighted by atomic mass is 9.98. The number of carbonyl (C=O) groups is 1. The molecule has 2 aliphatic heterocycles. The van der Waals surface area contributed by atoms with Crippen molar-refractivity contribution in [3.63, 3.8) is 0 Å². The van der Waals surface area contributed by atoms with E-state index in [2.05, 4.69) is 4.90 Å². The predicted molar refractivity (Wildman–Crippen MR) is 90.3 cm³/mol. The number of halogens is 1. The van der Waals surface area contributed by atoms with Crippen molar-refractivity contribution in [2.24, 2.45) is 5.92 Å². The van der Waals surface area contributed by atoms with Crippen molar-refractivity contribution in [3.8, 4) is 5.75 Å². The molecule has 0 bridgehead atoms. The zero-order valence-corrected chi connectivity index (χ0v) is 14.2. The number of ether oxygens (including phenoxy) is 2. The smallest absolute Gasteiger partial charge is 0.225 e. The largest absolute Gasteiger partial charge is 0.495 e. The van der Waals surface area contributed by atoms with Gasteiger partial charge >= 0.3 is 0 Å². The lowest BCUT2D eigenvalue weighted by molar-refractivity contribution is -0.138. The molecule has 126 valence electrons. The van der Waals surface area contributed by atoms with Gasteiger partial charge in [-0.25, -0.2) is 0 Å². The zero-order valence-electron chi connectivity index (χ0n) is 13.5. The molecule has 0 N–H and O–H groups in total. The molecule has 0 atom stereocenters. The number of nitrogens with zero attached hydrogens (tertiary/aromatic N) is 2. The van der Waals surface area contributed by atoms with Crippen LogP contribution in [0.4, 0.5) is 5.69 Å². The summed E-state index contributed by atoms with van der Waals surface area (Å²) in [5.74, 6) is 1.12. The highest BCUT2D eigenvalue weighted by Gasteiger charge is 2.28. The van der Waals surface area contributed by atoms with Crippen LogP contribution < -0.4 is 9.64 Å². The molecule has 0 unspecified atom stereocenters. The number of piperazine rings is 1. The van der Waals surface area contributed by atoms with Crippen molar-refractivity contribution >= 4 is 23.2 Å². The van der Waals surface area contributed by atoms with Crippen LogP contribution in [0.5, 0.6) is 5.75 Å². The number of carbonyl (C=O) groups excluding carboxylic acids is 1. The second kappa shape index (κ2) is 7.41. The topological polar surface area (TPSA) is 42.0 Å². The molecule has 0 saturated carbocycles. The molecule has 2 saturated heterocycles. The minimum atomic E-state index is 0.144. The number of methoxy groups -OCH3 is 1. The van der Waals surface area contributed by atoms with Crippen LogP contribution in [0, 0.1) is 5.92 Å². The quantitative estimate of drug-likeness (QED) is 0.849. The summed E-state index contributed by atoms with van der Waals surface area (Å²) >= 11 is 6.20.